The lowest BCUT2D eigenvalue weighted by Crippen LogP contribution is -2.21. The van der Waals surface area contributed by atoms with Gasteiger partial charge in [-0.05, 0) is 48.3 Å². The zero-order valence-electron chi connectivity index (χ0n) is 12.0. The van der Waals surface area contributed by atoms with Crippen LogP contribution in [0, 0.1) is 11.8 Å². The van der Waals surface area contributed by atoms with Crippen LogP contribution >= 0.6 is 0 Å². The first-order chi connectivity index (χ1) is 9.26. The number of likely N-dealkylation sites (tertiary alicyclic amines) is 1. The molecule has 1 aliphatic carbocycles. The van der Waals surface area contributed by atoms with Crippen LogP contribution in [0.4, 0.5) is 0 Å². The lowest BCUT2D eigenvalue weighted by atomic mass is 10.00. The van der Waals surface area contributed by atoms with Gasteiger partial charge < -0.3 is 5.73 Å². The zero-order valence-corrected chi connectivity index (χ0v) is 12.0. The Morgan fingerprint density at radius 3 is 2.37 bits per heavy atom. The molecular formula is C17H26N2. The standard InChI is InChI=1S/C17H26N2/c1-13(9-18)15-7-5-14(6-8-15)10-19-11-16-3-2-4-17(16)12-19/h5-8,13,16-17H,2-4,9-12,18H2,1H3. The lowest BCUT2D eigenvalue weighted by Gasteiger charge is -2.17. The summed E-state index contributed by atoms with van der Waals surface area (Å²) in [5, 5.41) is 0. The molecule has 0 radical (unpaired) electrons. The molecule has 104 valence electrons. The van der Waals surface area contributed by atoms with Gasteiger partial charge in [-0.3, -0.25) is 4.90 Å². The zero-order chi connectivity index (χ0) is 13.2. The molecule has 0 bridgehead atoms. The Hall–Kier alpha value is -0.860. The molecule has 1 aromatic carbocycles. The number of hydrogen-bond donors (Lipinski definition) is 1. The molecule has 2 heteroatoms. The molecule has 1 saturated carbocycles. The highest BCUT2D eigenvalue weighted by Crippen LogP contribution is 2.38. The minimum absolute atomic E-state index is 0.472. The van der Waals surface area contributed by atoms with Crippen molar-refractivity contribution in [1.82, 2.24) is 4.90 Å². The van der Waals surface area contributed by atoms with Crippen LogP contribution in [-0.4, -0.2) is 24.5 Å². The molecule has 3 unspecified atom stereocenters. The van der Waals surface area contributed by atoms with Gasteiger partial charge in [0.25, 0.3) is 0 Å². The van der Waals surface area contributed by atoms with Gasteiger partial charge in [0.2, 0.25) is 0 Å². The molecule has 0 spiro atoms. The Morgan fingerprint density at radius 1 is 1.16 bits per heavy atom. The van der Waals surface area contributed by atoms with Crippen molar-refractivity contribution in [3.8, 4) is 0 Å². The lowest BCUT2D eigenvalue weighted by molar-refractivity contribution is 0.303. The summed E-state index contributed by atoms with van der Waals surface area (Å²) in [6.07, 6.45) is 4.40. The number of hydrogen-bond acceptors (Lipinski definition) is 2. The Morgan fingerprint density at radius 2 is 1.79 bits per heavy atom. The molecule has 1 saturated heterocycles. The minimum Gasteiger partial charge on any atom is -0.330 e. The second kappa shape index (κ2) is 5.64. The van der Waals surface area contributed by atoms with Gasteiger partial charge in [0, 0.05) is 19.6 Å². The van der Waals surface area contributed by atoms with E-state index in [9.17, 15) is 0 Å². The van der Waals surface area contributed by atoms with Crippen molar-refractivity contribution in [2.45, 2.75) is 38.6 Å². The summed E-state index contributed by atoms with van der Waals surface area (Å²) in [7, 11) is 0. The van der Waals surface area contributed by atoms with Gasteiger partial charge >= 0.3 is 0 Å². The number of nitrogens with two attached hydrogens (primary N) is 1. The quantitative estimate of drug-likeness (QED) is 0.899. The summed E-state index contributed by atoms with van der Waals surface area (Å²) >= 11 is 0. The molecule has 3 rings (SSSR count). The van der Waals surface area contributed by atoms with Gasteiger partial charge in [-0.2, -0.15) is 0 Å². The van der Waals surface area contributed by atoms with Crippen molar-refractivity contribution in [2.24, 2.45) is 17.6 Å². The number of benzene rings is 1. The summed E-state index contributed by atoms with van der Waals surface area (Å²) in [5.41, 5.74) is 8.54. The molecule has 2 N–H and O–H groups in total. The van der Waals surface area contributed by atoms with E-state index in [4.69, 9.17) is 5.73 Å². The highest BCUT2D eigenvalue weighted by molar-refractivity contribution is 5.25. The van der Waals surface area contributed by atoms with Gasteiger partial charge in [0.05, 0.1) is 0 Å². The summed E-state index contributed by atoms with van der Waals surface area (Å²) in [5.74, 6) is 2.47. The van der Waals surface area contributed by atoms with Crippen molar-refractivity contribution in [3.05, 3.63) is 35.4 Å². The van der Waals surface area contributed by atoms with Crippen LogP contribution in [0.2, 0.25) is 0 Å². The molecule has 0 aromatic heterocycles. The highest BCUT2D eigenvalue weighted by Gasteiger charge is 2.35. The highest BCUT2D eigenvalue weighted by atomic mass is 15.2. The van der Waals surface area contributed by atoms with E-state index in [1.54, 1.807) is 0 Å². The summed E-state index contributed by atoms with van der Waals surface area (Å²) in [6, 6.07) is 9.08. The fraction of sp³-hybridized carbons (Fsp3) is 0.647. The smallest absolute Gasteiger partial charge is 0.0233 e. The largest absolute Gasteiger partial charge is 0.330 e. The van der Waals surface area contributed by atoms with E-state index < -0.39 is 0 Å². The molecule has 3 atom stereocenters. The summed E-state index contributed by atoms with van der Waals surface area (Å²) in [4.78, 5) is 2.65. The van der Waals surface area contributed by atoms with E-state index in [2.05, 4.69) is 36.1 Å². The van der Waals surface area contributed by atoms with Crippen molar-refractivity contribution >= 4 is 0 Å². The van der Waals surface area contributed by atoms with Crippen molar-refractivity contribution in [1.29, 1.82) is 0 Å². The van der Waals surface area contributed by atoms with E-state index in [0.29, 0.717) is 5.92 Å². The fourth-order valence-corrected chi connectivity index (χ4v) is 3.81. The monoisotopic (exact) mass is 258 g/mol. The predicted molar refractivity (Wildman–Crippen MR) is 80.0 cm³/mol. The van der Waals surface area contributed by atoms with Crippen LogP contribution in [0.15, 0.2) is 24.3 Å². The van der Waals surface area contributed by atoms with E-state index in [-0.39, 0.29) is 0 Å². The Bertz CT molecular complexity index is 400. The molecule has 1 heterocycles. The van der Waals surface area contributed by atoms with Gasteiger partial charge in [-0.15, -0.1) is 0 Å². The normalized spacial score (nSPS) is 28.5. The molecule has 1 aliphatic heterocycles. The number of fused-ring (bicyclic) bond motifs is 1. The van der Waals surface area contributed by atoms with Crippen LogP contribution in [0.3, 0.4) is 0 Å². The average molecular weight is 258 g/mol. The molecule has 2 nitrogen and oxygen atoms in total. The first kappa shape index (κ1) is 13.1. The fourth-order valence-electron chi connectivity index (χ4n) is 3.81. The van der Waals surface area contributed by atoms with Crippen LogP contribution in [0.25, 0.3) is 0 Å². The molecular weight excluding hydrogens is 232 g/mol. The third-order valence-corrected chi connectivity index (χ3v) is 5.11. The topological polar surface area (TPSA) is 29.3 Å². The van der Waals surface area contributed by atoms with Gasteiger partial charge in [0.1, 0.15) is 0 Å². The second-order valence-electron chi connectivity index (χ2n) is 6.52. The maximum atomic E-state index is 5.72. The van der Waals surface area contributed by atoms with Crippen molar-refractivity contribution in [3.63, 3.8) is 0 Å². The number of nitrogens with zero attached hydrogens (tertiary/aromatic N) is 1. The third kappa shape index (κ3) is 2.85. The molecule has 19 heavy (non-hydrogen) atoms. The first-order valence-electron chi connectivity index (χ1n) is 7.77. The van der Waals surface area contributed by atoms with Gasteiger partial charge in [0.15, 0.2) is 0 Å². The van der Waals surface area contributed by atoms with Gasteiger partial charge in [-0.1, -0.05) is 37.6 Å². The second-order valence-corrected chi connectivity index (χ2v) is 6.52. The Labute approximate surface area is 117 Å². The van der Waals surface area contributed by atoms with E-state index in [0.717, 1.165) is 24.9 Å². The maximum absolute atomic E-state index is 5.72. The molecule has 2 aliphatic rings. The van der Waals surface area contributed by atoms with Crippen LogP contribution in [0.5, 0.6) is 0 Å². The Kier molecular flexibility index (Phi) is 3.90. The van der Waals surface area contributed by atoms with Gasteiger partial charge in [-0.25, -0.2) is 0 Å². The van der Waals surface area contributed by atoms with E-state index in [1.807, 2.05) is 0 Å². The Balaban J connectivity index is 1.58. The predicted octanol–water partition coefficient (Wildman–Crippen LogP) is 2.98. The van der Waals surface area contributed by atoms with Crippen molar-refractivity contribution in [2.75, 3.05) is 19.6 Å². The maximum Gasteiger partial charge on any atom is 0.0233 e. The molecule has 0 amide bonds. The third-order valence-electron chi connectivity index (χ3n) is 5.11. The molecule has 1 aromatic rings. The summed E-state index contributed by atoms with van der Waals surface area (Å²) < 4.78 is 0. The van der Waals surface area contributed by atoms with E-state index >= 15 is 0 Å². The summed E-state index contributed by atoms with van der Waals surface area (Å²) in [6.45, 7) is 6.70. The van der Waals surface area contributed by atoms with Crippen molar-refractivity contribution < 1.29 is 0 Å². The SMILES string of the molecule is CC(CN)c1ccc(CN2CC3CCCC3C2)cc1. The minimum atomic E-state index is 0.472. The first-order valence-corrected chi connectivity index (χ1v) is 7.77. The number of rotatable bonds is 4. The van der Waals surface area contributed by atoms with Crippen LogP contribution < -0.4 is 5.73 Å². The van der Waals surface area contributed by atoms with Crippen LogP contribution in [0.1, 0.15) is 43.2 Å². The van der Waals surface area contributed by atoms with E-state index in [1.165, 1.54) is 43.5 Å². The average Bonchev–Trinajstić information content (AvgIpc) is 2.99. The van der Waals surface area contributed by atoms with Crippen LogP contribution in [-0.2, 0) is 6.54 Å². The molecule has 2 fully saturated rings.